The minimum atomic E-state index is -0.552. The molecule has 2 fully saturated rings. The number of nitrogens with zero attached hydrogens (tertiary/aromatic N) is 1. The lowest BCUT2D eigenvalue weighted by molar-refractivity contribution is 0.0884. The molecular weight excluding hydrogens is 232 g/mol. The maximum atomic E-state index is 11.9. The summed E-state index contributed by atoms with van der Waals surface area (Å²) in [6.45, 7) is 0.195. The molecule has 2 aliphatic rings. The van der Waals surface area contributed by atoms with Gasteiger partial charge in [0.15, 0.2) is 0 Å². The molecule has 0 radical (unpaired) electrons. The van der Waals surface area contributed by atoms with Crippen LogP contribution >= 0.6 is 0 Å². The number of benzene rings is 1. The number of rotatable bonds is 2. The van der Waals surface area contributed by atoms with Crippen molar-refractivity contribution >= 4 is 12.1 Å². The number of carbonyl (C=O) groups excluding carboxylic acids is 2. The van der Waals surface area contributed by atoms with E-state index in [0.29, 0.717) is 0 Å². The van der Waals surface area contributed by atoms with Gasteiger partial charge in [0, 0.05) is 0 Å². The van der Waals surface area contributed by atoms with E-state index in [1.807, 2.05) is 30.3 Å². The molecule has 94 valence electrons. The molecule has 2 atom stereocenters. The van der Waals surface area contributed by atoms with Gasteiger partial charge in [-0.3, -0.25) is 0 Å². The van der Waals surface area contributed by atoms with E-state index in [1.165, 1.54) is 4.90 Å². The number of carbonyl (C=O) groups is 2. The predicted octanol–water partition coefficient (Wildman–Crippen LogP) is 1.88. The third-order valence-electron chi connectivity index (χ3n) is 3.50. The second kappa shape index (κ2) is 4.33. The summed E-state index contributed by atoms with van der Waals surface area (Å²) in [6, 6.07) is 9.20. The van der Waals surface area contributed by atoms with Gasteiger partial charge in [0.2, 0.25) is 0 Å². The molecule has 0 spiro atoms. The van der Waals surface area contributed by atoms with Crippen LogP contribution in [0.1, 0.15) is 18.4 Å². The number of amides is 3. The first-order valence-corrected chi connectivity index (χ1v) is 6.06. The molecule has 5 heteroatoms. The molecule has 1 heterocycles. The van der Waals surface area contributed by atoms with Crippen LogP contribution in [0.15, 0.2) is 30.3 Å². The van der Waals surface area contributed by atoms with Crippen LogP contribution in [0.25, 0.3) is 0 Å². The highest BCUT2D eigenvalue weighted by atomic mass is 16.6. The van der Waals surface area contributed by atoms with Crippen LogP contribution in [-0.2, 0) is 11.3 Å². The summed E-state index contributed by atoms with van der Waals surface area (Å²) in [4.78, 5) is 24.7. The predicted molar refractivity (Wildman–Crippen MR) is 63.8 cm³/mol. The lowest BCUT2D eigenvalue weighted by Gasteiger charge is -2.32. The van der Waals surface area contributed by atoms with Crippen LogP contribution in [0.5, 0.6) is 0 Å². The topological polar surface area (TPSA) is 58.6 Å². The maximum absolute atomic E-state index is 11.9. The molecule has 0 bridgehead atoms. The Bertz CT molecular complexity index is 474. The van der Waals surface area contributed by atoms with E-state index in [2.05, 4.69) is 5.32 Å². The molecule has 0 aromatic heterocycles. The smallest absolute Gasteiger partial charge is 0.418 e. The highest BCUT2D eigenvalue weighted by Crippen LogP contribution is 2.31. The molecule has 1 saturated carbocycles. The van der Waals surface area contributed by atoms with E-state index in [4.69, 9.17) is 4.74 Å². The van der Waals surface area contributed by atoms with Gasteiger partial charge in [0.05, 0.1) is 12.1 Å². The molecule has 1 aliphatic carbocycles. The normalized spacial score (nSPS) is 25.1. The van der Waals surface area contributed by atoms with E-state index in [0.717, 1.165) is 18.4 Å². The molecule has 1 unspecified atom stereocenters. The molecular formula is C13H14N2O3. The van der Waals surface area contributed by atoms with Crippen molar-refractivity contribution in [2.75, 3.05) is 0 Å². The minimum absolute atomic E-state index is 0.0132. The van der Waals surface area contributed by atoms with Crippen LogP contribution in [0.3, 0.4) is 0 Å². The van der Waals surface area contributed by atoms with Crippen LogP contribution in [-0.4, -0.2) is 29.1 Å². The summed E-state index contributed by atoms with van der Waals surface area (Å²) >= 11 is 0. The van der Waals surface area contributed by atoms with Gasteiger partial charge in [0.25, 0.3) is 0 Å². The average Bonchev–Trinajstić information content (AvgIpc) is 2.60. The molecule has 5 nitrogen and oxygen atoms in total. The lowest BCUT2D eigenvalue weighted by Crippen LogP contribution is -2.47. The minimum Gasteiger partial charge on any atom is -0.444 e. The maximum Gasteiger partial charge on any atom is 0.418 e. The van der Waals surface area contributed by atoms with E-state index < -0.39 is 6.09 Å². The van der Waals surface area contributed by atoms with Crippen molar-refractivity contribution in [3.05, 3.63) is 35.9 Å². The van der Waals surface area contributed by atoms with Crippen molar-refractivity contribution in [3.63, 3.8) is 0 Å². The first-order chi connectivity index (χ1) is 8.75. The average molecular weight is 246 g/mol. The largest absolute Gasteiger partial charge is 0.444 e. The Morgan fingerprint density at radius 3 is 2.72 bits per heavy atom. The van der Waals surface area contributed by atoms with Crippen molar-refractivity contribution in [3.8, 4) is 0 Å². The van der Waals surface area contributed by atoms with Gasteiger partial charge < -0.3 is 10.1 Å². The zero-order valence-electron chi connectivity index (χ0n) is 9.83. The van der Waals surface area contributed by atoms with Crippen molar-refractivity contribution in [1.82, 2.24) is 10.2 Å². The zero-order valence-corrected chi connectivity index (χ0v) is 9.83. The Balaban J connectivity index is 1.60. The van der Waals surface area contributed by atoms with E-state index in [9.17, 15) is 9.59 Å². The summed E-state index contributed by atoms with van der Waals surface area (Å²) in [7, 11) is 0. The Kier molecular flexibility index (Phi) is 2.66. The highest BCUT2D eigenvalue weighted by Gasteiger charge is 2.49. The summed E-state index contributed by atoms with van der Waals surface area (Å²) in [6.07, 6.45) is 1.26. The van der Waals surface area contributed by atoms with Crippen LogP contribution < -0.4 is 5.32 Å². The van der Waals surface area contributed by atoms with Gasteiger partial charge >= 0.3 is 12.1 Å². The van der Waals surface area contributed by atoms with Gasteiger partial charge in [-0.25, -0.2) is 14.5 Å². The summed E-state index contributed by atoms with van der Waals surface area (Å²) in [5.74, 6) is 0. The Labute approximate surface area is 105 Å². The van der Waals surface area contributed by atoms with Gasteiger partial charge in [-0.2, -0.15) is 0 Å². The van der Waals surface area contributed by atoms with Crippen molar-refractivity contribution in [2.24, 2.45) is 0 Å². The third-order valence-corrected chi connectivity index (χ3v) is 3.50. The lowest BCUT2D eigenvalue weighted by atomic mass is 9.87. The first kappa shape index (κ1) is 11.1. The molecule has 1 N–H and O–H groups in total. The van der Waals surface area contributed by atoms with Crippen LogP contribution in [0.2, 0.25) is 0 Å². The number of imide groups is 1. The number of fused-ring (bicyclic) bond motifs is 1. The standard InChI is InChI=1S/C13H14N2O3/c16-12-14-10-6-7-11(10)15(12)13(17)18-8-9-4-2-1-3-5-9/h1-5,10-11H,6-8H2,(H,14,16)/t10?,11-/m0/s1. The Morgan fingerprint density at radius 2 is 2.11 bits per heavy atom. The Morgan fingerprint density at radius 1 is 1.33 bits per heavy atom. The summed E-state index contributed by atoms with van der Waals surface area (Å²) in [5, 5.41) is 2.77. The number of nitrogens with one attached hydrogen (secondary N) is 1. The number of hydrogen-bond acceptors (Lipinski definition) is 3. The molecule has 3 rings (SSSR count). The second-order valence-electron chi connectivity index (χ2n) is 4.61. The van der Waals surface area contributed by atoms with Crippen molar-refractivity contribution < 1.29 is 14.3 Å². The fraction of sp³-hybridized carbons (Fsp3) is 0.385. The summed E-state index contributed by atoms with van der Waals surface area (Å²) < 4.78 is 5.16. The monoisotopic (exact) mass is 246 g/mol. The molecule has 1 aromatic rings. The van der Waals surface area contributed by atoms with Crippen molar-refractivity contribution in [1.29, 1.82) is 0 Å². The fourth-order valence-corrected chi connectivity index (χ4v) is 2.35. The van der Waals surface area contributed by atoms with Crippen LogP contribution in [0.4, 0.5) is 9.59 Å². The fourth-order valence-electron chi connectivity index (χ4n) is 2.35. The van der Waals surface area contributed by atoms with E-state index >= 15 is 0 Å². The molecule has 1 aliphatic heterocycles. The second-order valence-corrected chi connectivity index (χ2v) is 4.61. The van der Waals surface area contributed by atoms with Gasteiger partial charge in [-0.1, -0.05) is 30.3 Å². The van der Waals surface area contributed by atoms with Gasteiger partial charge in [0.1, 0.15) is 6.61 Å². The van der Waals surface area contributed by atoms with Gasteiger partial charge in [-0.15, -0.1) is 0 Å². The molecule has 3 amide bonds. The van der Waals surface area contributed by atoms with E-state index in [-0.39, 0.29) is 24.7 Å². The van der Waals surface area contributed by atoms with Crippen LogP contribution in [0, 0.1) is 0 Å². The Hall–Kier alpha value is -2.04. The number of ether oxygens (including phenoxy) is 1. The number of hydrogen-bond donors (Lipinski definition) is 1. The third kappa shape index (κ3) is 1.81. The van der Waals surface area contributed by atoms with Crippen molar-refractivity contribution in [2.45, 2.75) is 31.5 Å². The molecule has 18 heavy (non-hydrogen) atoms. The number of urea groups is 1. The van der Waals surface area contributed by atoms with E-state index in [1.54, 1.807) is 0 Å². The van der Waals surface area contributed by atoms with Gasteiger partial charge in [-0.05, 0) is 18.4 Å². The quantitative estimate of drug-likeness (QED) is 0.866. The first-order valence-electron chi connectivity index (χ1n) is 6.06. The molecule has 1 aromatic carbocycles. The zero-order chi connectivity index (χ0) is 12.5. The summed E-state index contributed by atoms with van der Waals surface area (Å²) in [5.41, 5.74) is 0.913. The molecule has 1 saturated heterocycles. The highest BCUT2D eigenvalue weighted by molar-refractivity contribution is 5.93. The SMILES string of the molecule is O=C1NC2CC[C@@H]2N1C(=O)OCc1ccccc1.